The Balaban J connectivity index is 2.37. The number of rotatable bonds is 3. The van der Waals surface area contributed by atoms with Gasteiger partial charge in [0.25, 0.3) is 0 Å². The lowest BCUT2D eigenvalue weighted by Gasteiger charge is -2.37. The maximum absolute atomic E-state index is 5.36. The SMILES string of the molecule is CCCNC(=S)N(C)C1CCCN(C)C1. The molecule has 0 aromatic rings. The molecule has 0 aromatic carbocycles. The summed E-state index contributed by atoms with van der Waals surface area (Å²) in [5.41, 5.74) is 0. The predicted octanol–water partition coefficient (Wildman–Crippen LogP) is 1.30. The van der Waals surface area contributed by atoms with Crippen molar-refractivity contribution in [1.82, 2.24) is 15.1 Å². The fraction of sp³-hybridized carbons (Fsp3) is 0.909. The van der Waals surface area contributed by atoms with Crippen LogP contribution in [0.4, 0.5) is 0 Å². The van der Waals surface area contributed by atoms with Crippen LogP contribution in [0, 0.1) is 0 Å². The van der Waals surface area contributed by atoms with E-state index in [0.29, 0.717) is 6.04 Å². The molecule has 0 radical (unpaired) electrons. The molecule has 1 unspecified atom stereocenters. The number of hydrogen-bond donors (Lipinski definition) is 1. The molecular formula is C11H23N3S. The van der Waals surface area contributed by atoms with Crippen molar-refractivity contribution in [3.63, 3.8) is 0 Å². The van der Waals surface area contributed by atoms with Gasteiger partial charge in [-0.2, -0.15) is 0 Å². The molecule has 1 N–H and O–H groups in total. The second-order valence-corrected chi connectivity index (χ2v) is 4.79. The van der Waals surface area contributed by atoms with Crippen molar-refractivity contribution in [2.75, 3.05) is 33.7 Å². The smallest absolute Gasteiger partial charge is 0.168 e. The van der Waals surface area contributed by atoms with E-state index in [4.69, 9.17) is 12.2 Å². The Labute approximate surface area is 98.8 Å². The number of nitrogens with zero attached hydrogens (tertiary/aromatic N) is 2. The van der Waals surface area contributed by atoms with Crippen molar-refractivity contribution in [2.45, 2.75) is 32.2 Å². The summed E-state index contributed by atoms with van der Waals surface area (Å²) in [6.07, 6.45) is 3.66. The molecule has 0 amide bonds. The van der Waals surface area contributed by atoms with E-state index < -0.39 is 0 Å². The van der Waals surface area contributed by atoms with Crippen LogP contribution < -0.4 is 5.32 Å². The molecule has 1 heterocycles. The maximum Gasteiger partial charge on any atom is 0.168 e. The molecule has 1 fully saturated rings. The third kappa shape index (κ3) is 3.95. The van der Waals surface area contributed by atoms with Gasteiger partial charge in [0.2, 0.25) is 0 Å². The van der Waals surface area contributed by atoms with Gasteiger partial charge in [0, 0.05) is 26.2 Å². The number of likely N-dealkylation sites (N-methyl/N-ethyl adjacent to an activating group) is 2. The Kier molecular flexibility index (Phi) is 5.32. The summed E-state index contributed by atoms with van der Waals surface area (Å²) >= 11 is 5.36. The summed E-state index contributed by atoms with van der Waals surface area (Å²) in [6, 6.07) is 0.584. The van der Waals surface area contributed by atoms with E-state index in [0.717, 1.165) is 24.6 Å². The lowest BCUT2D eigenvalue weighted by atomic mass is 10.1. The highest BCUT2D eigenvalue weighted by Gasteiger charge is 2.22. The molecule has 0 saturated carbocycles. The van der Waals surface area contributed by atoms with Crippen LogP contribution in [0.25, 0.3) is 0 Å². The zero-order valence-corrected chi connectivity index (χ0v) is 10.9. The van der Waals surface area contributed by atoms with Gasteiger partial charge < -0.3 is 15.1 Å². The van der Waals surface area contributed by atoms with Gasteiger partial charge in [0.15, 0.2) is 5.11 Å². The molecule has 88 valence electrons. The van der Waals surface area contributed by atoms with Crippen molar-refractivity contribution < 1.29 is 0 Å². The van der Waals surface area contributed by atoms with E-state index in [1.54, 1.807) is 0 Å². The third-order valence-corrected chi connectivity index (χ3v) is 3.43. The molecule has 1 atom stereocenters. The molecule has 1 saturated heterocycles. The normalized spacial score (nSPS) is 22.5. The molecular weight excluding hydrogens is 206 g/mol. The van der Waals surface area contributed by atoms with Gasteiger partial charge in [0.05, 0.1) is 0 Å². The minimum atomic E-state index is 0.584. The Morgan fingerprint density at radius 1 is 1.60 bits per heavy atom. The fourth-order valence-electron chi connectivity index (χ4n) is 1.98. The molecule has 0 aromatic heterocycles. The largest absolute Gasteiger partial charge is 0.363 e. The van der Waals surface area contributed by atoms with Crippen LogP contribution in [0.15, 0.2) is 0 Å². The summed E-state index contributed by atoms with van der Waals surface area (Å²) in [5, 5.41) is 4.18. The minimum Gasteiger partial charge on any atom is -0.363 e. The van der Waals surface area contributed by atoms with Gasteiger partial charge in [-0.05, 0) is 45.1 Å². The summed E-state index contributed by atoms with van der Waals surface area (Å²) in [7, 11) is 4.29. The molecule has 0 bridgehead atoms. The van der Waals surface area contributed by atoms with Gasteiger partial charge in [-0.3, -0.25) is 0 Å². The molecule has 3 nitrogen and oxygen atoms in total. The first kappa shape index (κ1) is 12.7. The summed E-state index contributed by atoms with van der Waals surface area (Å²) in [5.74, 6) is 0. The van der Waals surface area contributed by atoms with Crippen LogP contribution >= 0.6 is 12.2 Å². The number of thiocarbonyl (C=S) groups is 1. The van der Waals surface area contributed by atoms with Gasteiger partial charge in [0.1, 0.15) is 0 Å². The van der Waals surface area contributed by atoms with Crippen LogP contribution in [0.5, 0.6) is 0 Å². The highest BCUT2D eigenvalue weighted by molar-refractivity contribution is 7.80. The zero-order valence-electron chi connectivity index (χ0n) is 10.1. The average Bonchev–Trinajstić information content (AvgIpc) is 2.24. The summed E-state index contributed by atoms with van der Waals surface area (Å²) in [4.78, 5) is 4.60. The van der Waals surface area contributed by atoms with Gasteiger partial charge in [-0.15, -0.1) is 0 Å². The van der Waals surface area contributed by atoms with Gasteiger partial charge in [-0.1, -0.05) is 6.92 Å². The lowest BCUT2D eigenvalue weighted by molar-refractivity contribution is 0.181. The molecule has 1 aliphatic heterocycles. The maximum atomic E-state index is 5.36. The van der Waals surface area contributed by atoms with E-state index in [9.17, 15) is 0 Å². The zero-order chi connectivity index (χ0) is 11.3. The van der Waals surface area contributed by atoms with Crippen LogP contribution in [0.2, 0.25) is 0 Å². The summed E-state index contributed by atoms with van der Waals surface area (Å²) < 4.78 is 0. The van der Waals surface area contributed by atoms with E-state index in [1.807, 2.05) is 0 Å². The highest BCUT2D eigenvalue weighted by atomic mass is 32.1. The molecule has 0 aliphatic carbocycles. The van der Waals surface area contributed by atoms with E-state index in [2.05, 4.69) is 36.1 Å². The van der Waals surface area contributed by atoms with Crippen LogP contribution in [-0.4, -0.2) is 54.7 Å². The van der Waals surface area contributed by atoms with Crippen molar-refractivity contribution in [2.24, 2.45) is 0 Å². The first-order valence-corrected chi connectivity index (χ1v) is 6.25. The Bertz CT molecular complexity index is 208. The van der Waals surface area contributed by atoms with Crippen LogP contribution in [0.3, 0.4) is 0 Å². The second kappa shape index (κ2) is 6.28. The van der Waals surface area contributed by atoms with E-state index in [-0.39, 0.29) is 0 Å². The number of nitrogens with one attached hydrogen (secondary N) is 1. The standard InChI is InChI=1S/C11H23N3S/c1-4-7-12-11(15)14(3)10-6-5-8-13(2)9-10/h10H,4-9H2,1-3H3,(H,12,15). The predicted molar refractivity (Wildman–Crippen MR) is 69.2 cm³/mol. The molecule has 15 heavy (non-hydrogen) atoms. The van der Waals surface area contributed by atoms with Crippen molar-refractivity contribution >= 4 is 17.3 Å². The minimum absolute atomic E-state index is 0.584. The van der Waals surface area contributed by atoms with E-state index in [1.165, 1.54) is 19.4 Å². The van der Waals surface area contributed by atoms with Crippen molar-refractivity contribution in [3.8, 4) is 0 Å². The third-order valence-electron chi connectivity index (χ3n) is 2.99. The average molecular weight is 229 g/mol. The number of hydrogen-bond acceptors (Lipinski definition) is 2. The number of piperidine rings is 1. The monoisotopic (exact) mass is 229 g/mol. The Hall–Kier alpha value is -0.350. The lowest BCUT2D eigenvalue weighted by Crippen LogP contribution is -2.50. The van der Waals surface area contributed by atoms with Crippen LogP contribution in [0.1, 0.15) is 26.2 Å². The Morgan fingerprint density at radius 2 is 2.33 bits per heavy atom. The molecule has 1 aliphatic rings. The Morgan fingerprint density at radius 3 is 2.93 bits per heavy atom. The second-order valence-electron chi connectivity index (χ2n) is 4.40. The van der Waals surface area contributed by atoms with Gasteiger partial charge >= 0.3 is 0 Å². The van der Waals surface area contributed by atoms with Crippen LogP contribution in [-0.2, 0) is 0 Å². The number of likely N-dealkylation sites (tertiary alicyclic amines) is 1. The van der Waals surface area contributed by atoms with E-state index >= 15 is 0 Å². The quantitative estimate of drug-likeness (QED) is 0.735. The first-order chi connectivity index (χ1) is 7.15. The molecule has 0 spiro atoms. The highest BCUT2D eigenvalue weighted by Crippen LogP contribution is 2.13. The first-order valence-electron chi connectivity index (χ1n) is 5.84. The summed E-state index contributed by atoms with van der Waals surface area (Å²) in [6.45, 7) is 5.49. The fourth-order valence-corrected chi connectivity index (χ4v) is 2.23. The van der Waals surface area contributed by atoms with Crippen molar-refractivity contribution in [1.29, 1.82) is 0 Å². The topological polar surface area (TPSA) is 18.5 Å². The van der Waals surface area contributed by atoms with Crippen molar-refractivity contribution in [3.05, 3.63) is 0 Å². The van der Waals surface area contributed by atoms with Gasteiger partial charge in [-0.25, -0.2) is 0 Å². The molecule has 1 rings (SSSR count). The molecule has 4 heteroatoms.